The van der Waals surface area contributed by atoms with Crippen molar-refractivity contribution in [2.24, 2.45) is 0 Å². The molecule has 1 aromatic rings. The van der Waals surface area contributed by atoms with Gasteiger partial charge >= 0.3 is 6.18 Å². The Kier molecular flexibility index (Phi) is 6.42. The van der Waals surface area contributed by atoms with Gasteiger partial charge in [-0.15, -0.1) is 0 Å². The molecular formula is C24H28F3N3O2. The van der Waals surface area contributed by atoms with E-state index in [-0.39, 0.29) is 24.3 Å². The molecule has 0 bridgehead atoms. The molecular weight excluding hydrogens is 419 g/mol. The molecule has 2 heterocycles. The van der Waals surface area contributed by atoms with Gasteiger partial charge in [0.15, 0.2) is 0 Å². The third-order valence-electron chi connectivity index (χ3n) is 6.55. The monoisotopic (exact) mass is 447 g/mol. The van der Waals surface area contributed by atoms with Crippen LogP contribution in [0.2, 0.25) is 0 Å². The van der Waals surface area contributed by atoms with Gasteiger partial charge in [0.1, 0.15) is 0 Å². The summed E-state index contributed by atoms with van der Waals surface area (Å²) in [6, 6.07) is 4.61. The van der Waals surface area contributed by atoms with Crippen molar-refractivity contribution in [1.29, 1.82) is 0 Å². The van der Waals surface area contributed by atoms with Gasteiger partial charge < -0.3 is 15.5 Å². The van der Waals surface area contributed by atoms with Crippen LogP contribution in [0.4, 0.5) is 13.2 Å². The molecule has 2 amide bonds. The molecule has 32 heavy (non-hydrogen) atoms. The number of nitrogens with one attached hydrogen (secondary N) is 2. The summed E-state index contributed by atoms with van der Waals surface area (Å²) in [7, 11) is 0. The highest BCUT2D eigenvalue weighted by atomic mass is 19.4. The van der Waals surface area contributed by atoms with E-state index in [0.29, 0.717) is 25.1 Å². The summed E-state index contributed by atoms with van der Waals surface area (Å²) in [4.78, 5) is 27.4. The third-order valence-corrected chi connectivity index (χ3v) is 6.55. The lowest BCUT2D eigenvalue weighted by Gasteiger charge is -2.36. The van der Waals surface area contributed by atoms with Crippen LogP contribution in [0.5, 0.6) is 0 Å². The maximum absolute atomic E-state index is 12.8. The number of amides is 2. The maximum Gasteiger partial charge on any atom is 0.416 e. The van der Waals surface area contributed by atoms with Gasteiger partial charge in [0, 0.05) is 18.8 Å². The molecule has 2 aliphatic heterocycles. The standard InChI is InChI=1S/C24H28F3N3O2/c1-15-4-7-17-14-30(23(32)20-3-2-11-28-20)12-10-19(17)22(15)29-21(31)13-16-5-8-18(9-6-16)24(25,26)27/h5-6,8-9,20,28H,2-4,7,10-14H2,1H3,(H,29,31). The zero-order chi connectivity index (χ0) is 22.9. The molecule has 1 saturated heterocycles. The average Bonchev–Trinajstić information content (AvgIpc) is 3.29. The van der Waals surface area contributed by atoms with Crippen LogP contribution in [0.3, 0.4) is 0 Å². The largest absolute Gasteiger partial charge is 0.416 e. The summed E-state index contributed by atoms with van der Waals surface area (Å²) in [6.07, 6.45) is -0.0885. The van der Waals surface area contributed by atoms with E-state index in [0.717, 1.165) is 61.2 Å². The SMILES string of the molecule is CC1=C(NC(=O)Cc2ccc(C(F)(F)F)cc2)C2=C(CC1)CN(C(=O)C1CCCN1)CC2. The molecule has 5 nitrogen and oxygen atoms in total. The van der Waals surface area contributed by atoms with Crippen LogP contribution in [0.25, 0.3) is 0 Å². The van der Waals surface area contributed by atoms with Crippen molar-refractivity contribution in [3.8, 4) is 0 Å². The Morgan fingerprint density at radius 2 is 1.91 bits per heavy atom. The van der Waals surface area contributed by atoms with Crippen molar-refractivity contribution in [2.75, 3.05) is 19.6 Å². The fraction of sp³-hybridized carbons (Fsp3) is 0.500. The Morgan fingerprint density at radius 1 is 1.16 bits per heavy atom. The molecule has 0 spiro atoms. The lowest BCUT2D eigenvalue weighted by atomic mass is 9.85. The van der Waals surface area contributed by atoms with Crippen molar-refractivity contribution >= 4 is 11.8 Å². The predicted octanol–water partition coefficient (Wildman–Crippen LogP) is 3.71. The van der Waals surface area contributed by atoms with E-state index in [2.05, 4.69) is 10.6 Å². The first-order valence-electron chi connectivity index (χ1n) is 11.1. The fourth-order valence-electron chi connectivity index (χ4n) is 4.75. The molecule has 0 aromatic heterocycles. The number of allylic oxidation sites excluding steroid dienone is 2. The summed E-state index contributed by atoms with van der Waals surface area (Å²) < 4.78 is 38.2. The predicted molar refractivity (Wildman–Crippen MR) is 114 cm³/mol. The number of hydrogen-bond donors (Lipinski definition) is 2. The van der Waals surface area contributed by atoms with E-state index in [1.807, 2.05) is 11.8 Å². The van der Waals surface area contributed by atoms with Crippen molar-refractivity contribution in [1.82, 2.24) is 15.5 Å². The van der Waals surface area contributed by atoms with Gasteiger partial charge in [-0.25, -0.2) is 0 Å². The average molecular weight is 448 g/mol. The Labute approximate surface area is 185 Å². The number of alkyl halides is 3. The number of rotatable bonds is 4. The number of nitrogens with zero attached hydrogens (tertiary/aromatic N) is 1. The molecule has 172 valence electrons. The van der Waals surface area contributed by atoms with Gasteiger partial charge in [-0.05, 0) is 80.0 Å². The van der Waals surface area contributed by atoms with Crippen molar-refractivity contribution in [2.45, 2.75) is 57.7 Å². The highest BCUT2D eigenvalue weighted by molar-refractivity contribution is 5.83. The Balaban J connectivity index is 1.42. The second kappa shape index (κ2) is 9.10. The number of hydrogen-bond acceptors (Lipinski definition) is 3. The fourth-order valence-corrected chi connectivity index (χ4v) is 4.75. The van der Waals surface area contributed by atoms with Crippen LogP contribution < -0.4 is 10.6 Å². The van der Waals surface area contributed by atoms with Gasteiger partial charge in [-0.1, -0.05) is 12.1 Å². The van der Waals surface area contributed by atoms with Gasteiger partial charge in [0.2, 0.25) is 11.8 Å². The highest BCUT2D eigenvalue weighted by Crippen LogP contribution is 2.35. The molecule has 8 heteroatoms. The van der Waals surface area contributed by atoms with E-state index in [9.17, 15) is 22.8 Å². The number of carbonyl (C=O) groups excluding carboxylic acids is 2. The second-order valence-electron chi connectivity index (χ2n) is 8.82. The molecule has 1 unspecified atom stereocenters. The summed E-state index contributed by atoms with van der Waals surface area (Å²) in [5.41, 5.74) is 4.03. The molecule has 1 aromatic carbocycles. The van der Waals surface area contributed by atoms with E-state index in [1.165, 1.54) is 17.7 Å². The van der Waals surface area contributed by atoms with Gasteiger partial charge in [-0.2, -0.15) is 13.2 Å². The molecule has 3 aliphatic rings. The lowest BCUT2D eigenvalue weighted by molar-refractivity contribution is -0.137. The van der Waals surface area contributed by atoms with Crippen molar-refractivity contribution < 1.29 is 22.8 Å². The summed E-state index contributed by atoms with van der Waals surface area (Å²) in [6.45, 7) is 4.10. The summed E-state index contributed by atoms with van der Waals surface area (Å²) in [5.74, 6) is -0.0882. The Morgan fingerprint density at radius 3 is 2.56 bits per heavy atom. The zero-order valence-electron chi connectivity index (χ0n) is 18.1. The topological polar surface area (TPSA) is 61.4 Å². The lowest BCUT2D eigenvalue weighted by Crippen LogP contribution is -2.47. The first kappa shape index (κ1) is 22.6. The van der Waals surface area contributed by atoms with Crippen molar-refractivity contribution in [3.05, 3.63) is 57.8 Å². The van der Waals surface area contributed by atoms with Crippen LogP contribution in [-0.4, -0.2) is 42.4 Å². The molecule has 1 fully saturated rings. The van der Waals surface area contributed by atoms with E-state index in [4.69, 9.17) is 0 Å². The Bertz CT molecular complexity index is 958. The smallest absolute Gasteiger partial charge is 0.337 e. The maximum atomic E-state index is 12.8. The van der Waals surface area contributed by atoms with E-state index in [1.54, 1.807) is 0 Å². The van der Waals surface area contributed by atoms with Crippen molar-refractivity contribution in [3.63, 3.8) is 0 Å². The molecule has 4 rings (SSSR count). The van der Waals surface area contributed by atoms with Gasteiger partial charge in [0.25, 0.3) is 0 Å². The molecule has 1 atom stereocenters. The quantitative estimate of drug-likeness (QED) is 0.740. The summed E-state index contributed by atoms with van der Waals surface area (Å²) >= 11 is 0. The third kappa shape index (κ3) is 4.90. The molecule has 0 radical (unpaired) electrons. The molecule has 2 N–H and O–H groups in total. The van der Waals surface area contributed by atoms with E-state index >= 15 is 0 Å². The minimum Gasteiger partial charge on any atom is -0.337 e. The Hall–Kier alpha value is -2.61. The summed E-state index contributed by atoms with van der Waals surface area (Å²) in [5, 5.41) is 6.27. The van der Waals surface area contributed by atoms with Gasteiger partial charge in [0.05, 0.1) is 18.0 Å². The first-order chi connectivity index (χ1) is 15.2. The molecule has 0 saturated carbocycles. The first-order valence-corrected chi connectivity index (χ1v) is 11.1. The number of benzene rings is 1. The van der Waals surface area contributed by atoms with Crippen LogP contribution in [-0.2, 0) is 22.2 Å². The van der Waals surface area contributed by atoms with Crippen LogP contribution in [0.1, 0.15) is 50.2 Å². The minimum absolute atomic E-state index is 0.00942. The minimum atomic E-state index is -4.39. The van der Waals surface area contributed by atoms with Crippen LogP contribution in [0.15, 0.2) is 46.7 Å². The van der Waals surface area contributed by atoms with Gasteiger partial charge in [-0.3, -0.25) is 9.59 Å². The number of halogens is 3. The number of carbonyl (C=O) groups is 2. The second-order valence-corrected chi connectivity index (χ2v) is 8.82. The van der Waals surface area contributed by atoms with Crippen LogP contribution >= 0.6 is 0 Å². The highest BCUT2D eigenvalue weighted by Gasteiger charge is 2.33. The normalized spacial score (nSPS) is 21.6. The van der Waals surface area contributed by atoms with Crippen LogP contribution in [0, 0.1) is 0 Å². The van der Waals surface area contributed by atoms with E-state index < -0.39 is 11.7 Å². The molecule has 1 aliphatic carbocycles. The zero-order valence-corrected chi connectivity index (χ0v) is 18.1.